The highest BCUT2D eigenvalue weighted by Crippen LogP contribution is 2.38. The normalized spacial score (nSPS) is 11.9. The molecule has 10 heteroatoms. The second kappa shape index (κ2) is 13.6. The minimum atomic E-state index is -1.02. The Morgan fingerprint density at radius 3 is 1.11 bits per heavy atom. The Balaban J connectivity index is 1.47. The highest BCUT2D eigenvalue weighted by molar-refractivity contribution is 6.01. The molecule has 0 aliphatic carbocycles. The molecular weight excluding hydrogens is 701 g/mol. The summed E-state index contributed by atoms with van der Waals surface area (Å²) in [7, 11) is 3.93. The third-order valence-corrected chi connectivity index (χ3v) is 10.1. The maximum atomic E-state index is 12.2. The van der Waals surface area contributed by atoms with Crippen molar-refractivity contribution in [3.63, 3.8) is 0 Å². The lowest BCUT2D eigenvalue weighted by molar-refractivity contribution is -0.671. The fourth-order valence-electron chi connectivity index (χ4n) is 7.37. The van der Waals surface area contributed by atoms with Crippen LogP contribution in [0.25, 0.3) is 90.9 Å². The molecule has 56 heavy (non-hydrogen) atoms. The summed E-state index contributed by atoms with van der Waals surface area (Å²) in [5.74, 6) is -2.03. The van der Waals surface area contributed by atoms with E-state index in [1.54, 1.807) is 36.4 Å². The molecule has 0 unspecified atom stereocenters. The summed E-state index contributed by atoms with van der Waals surface area (Å²) in [6, 6.07) is 29.9. The van der Waals surface area contributed by atoms with Crippen LogP contribution in [0.4, 0.5) is 0 Å². The second-order valence-corrected chi connectivity index (χ2v) is 13.8. The second-order valence-electron chi connectivity index (χ2n) is 13.8. The van der Waals surface area contributed by atoms with Gasteiger partial charge in [-0.05, 0) is 95.1 Å². The van der Waals surface area contributed by atoms with Crippen molar-refractivity contribution in [2.24, 2.45) is 14.1 Å². The molecule has 0 radical (unpaired) electrons. The third kappa shape index (κ3) is 6.14. The van der Waals surface area contributed by atoms with E-state index >= 15 is 0 Å². The Morgan fingerprint density at radius 2 is 0.786 bits per heavy atom. The van der Waals surface area contributed by atoms with Crippen LogP contribution in [0.1, 0.15) is 43.5 Å². The number of carboxylic acids is 2. The zero-order valence-corrected chi connectivity index (χ0v) is 30.4. The smallest absolute Gasteiger partial charge is 0.335 e. The van der Waals surface area contributed by atoms with Gasteiger partial charge >= 0.3 is 11.9 Å². The van der Waals surface area contributed by atoms with Crippen LogP contribution in [0, 0.1) is 0 Å². The van der Waals surface area contributed by atoms with Gasteiger partial charge in [0.05, 0.1) is 33.9 Å². The van der Waals surface area contributed by atoms with Crippen LogP contribution < -0.4 is 9.13 Å². The van der Waals surface area contributed by atoms with Crippen LogP contribution in [0.15, 0.2) is 122 Å². The minimum Gasteiger partial charge on any atom is -0.478 e. The molecule has 2 aliphatic heterocycles. The fraction of sp³-hybridized carbons (Fsp3) is 0.0435. The first kappa shape index (κ1) is 34.1. The van der Waals surface area contributed by atoms with E-state index in [1.165, 1.54) is 0 Å². The summed E-state index contributed by atoms with van der Waals surface area (Å²) in [6.07, 6.45) is 15.8. The summed E-state index contributed by atoms with van der Waals surface area (Å²) in [5.41, 5.74) is 12.6. The van der Waals surface area contributed by atoms with Crippen LogP contribution in [0.3, 0.4) is 0 Å². The summed E-state index contributed by atoms with van der Waals surface area (Å²) in [4.78, 5) is 42.2. The van der Waals surface area contributed by atoms with E-state index in [0.717, 1.165) is 55.4 Å². The maximum absolute atomic E-state index is 12.2. The molecule has 5 aromatic heterocycles. The average molecular weight is 735 g/mol. The summed E-state index contributed by atoms with van der Waals surface area (Å²) < 4.78 is 3.93. The molecule has 4 N–H and O–H groups in total. The lowest BCUT2D eigenvalue weighted by Gasteiger charge is -2.07. The largest absolute Gasteiger partial charge is 0.478 e. The molecule has 0 atom stereocenters. The molecule has 270 valence electrons. The number of benzene rings is 2. The first-order valence-electron chi connectivity index (χ1n) is 18.0. The van der Waals surface area contributed by atoms with E-state index in [1.807, 2.05) is 133 Å². The molecule has 7 aromatic rings. The Labute approximate surface area is 320 Å². The quantitative estimate of drug-likeness (QED) is 0.127. The van der Waals surface area contributed by atoms with Crippen molar-refractivity contribution in [2.45, 2.75) is 0 Å². The number of pyridine rings is 2. The van der Waals surface area contributed by atoms with E-state index in [0.29, 0.717) is 33.9 Å². The first-order chi connectivity index (χ1) is 27.2. The van der Waals surface area contributed by atoms with E-state index < -0.39 is 11.9 Å². The van der Waals surface area contributed by atoms with Gasteiger partial charge in [0.2, 0.25) is 0 Å². The summed E-state index contributed by atoms with van der Waals surface area (Å²) in [5, 5.41) is 19.9. The molecule has 9 rings (SSSR count). The molecule has 0 saturated heterocycles. The molecule has 8 bridgehead atoms. The first-order valence-corrected chi connectivity index (χ1v) is 18.0. The Bertz CT molecular complexity index is 2790. The summed E-state index contributed by atoms with van der Waals surface area (Å²) >= 11 is 0. The molecule has 0 saturated carbocycles. The van der Waals surface area contributed by atoms with Crippen molar-refractivity contribution in [3.8, 4) is 44.5 Å². The number of aromatic amines is 2. The zero-order valence-electron chi connectivity index (χ0n) is 30.4. The van der Waals surface area contributed by atoms with Gasteiger partial charge in [-0.15, -0.1) is 0 Å². The number of aromatic nitrogens is 6. The van der Waals surface area contributed by atoms with Crippen LogP contribution in [0.2, 0.25) is 0 Å². The molecular formula is C46H34N6O4+2. The molecule has 0 amide bonds. The van der Waals surface area contributed by atoms with Crippen LogP contribution >= 0.6 is 0 Å². The predicted molar refractivity (Wildman–Crippen MR) is 217 cm³/mol. The number of aryl methyl sites for hydroxylation is 2. The topological polar surface area (TPSA) is 140 Å². The highest BCUT2D eigenvalue weighted by Gasteiger charge is 2.20. The van der Waals surface area contributed by atoms with Crippen LogP contribution in [-0.4, -0.2) is 42.1 Å². The van der Waals surface area contributed by atoms with Gasteiger partial charge in [0.1, 0.15) is 14.1 Å². The van der Waals surface area contributed by atoms with Crippen molar-refractivity contribution in [1.82, 2.24) is 19.9 Å². The van der Waals surface area contributed by atoms with Crippen LogP contribution in [-0.2, 0) is 14.1 Å². The van der Waals surface area contributed by atoms with Gasteiger partial charge in [-0.2, -0.15) is 0 Å². The van der Waals surface area contributed by atoms with Crippen molar-refractivity contribution in [3.05, 3.63) is 156 Å². The van der Waals surface area contributed by atoms with Crippen molar-refractivity contribution >= 4 is 58.3 Å². The molecule has 10 nitrogen and oxygen atoms in total. The van der Waals surface area contributed by atoms with Gasteiger partial charge in [-0.1, -0.05) is 24.3 Å². The fourth-order valence-corrected chi connectivity index (χ4v) is 7.37. The minimum absolute atomic E-state index is 0.169. The van der Waals surface area contributed by atoms with E-state index in [2.05, 4.69) is 9.97 Å². The van der Waals surface area contributed by atoms with Gasteiger partial charge in [0.15, 0.2) is 24.8 Å². The van der Waals surface area contributed by atoms with E-state index in [-0.39, 0.29) is 11.1 Å². The Morgan fingerprint density at radius 1 is 0.464 bits per heavy atom. The molecule has 2 aliphatic rings. The number of carbonyl (C=O) groups is 2. The van der Waals surface area contributed by atoms with Gasteiger partial charge < -0.3 is 20.2 Å². The molecule has 2 aromatic carbocycles. The van der Waals surface area contributed by atoms with E-state index in [9.17, 15) is 19.8 Å². The number of rotatable bonds is 6. The number of nitrogens with one attached hydrogen (secondary N) is 2. The number of aromatic carboxylic acids is 2. The van der Waals surface area contributed by atoms with Crippen molar-refractivity contribution in [1.29, 1.82) is 0 Å². The number of carboxylic acid groups (broad SMARTS) is 2. The third-order valence-electron chi connectivity index (χ3n) is 10.1. The van der Waals surface area contributed by atoms with Gasteiger partial charge in [0, 0.05) is 68.6 Å². The van der Waals surface area contributed by atoms with E-state index in [4.69, 9.17) is 9.97 Å². The number of fused-ring (bicyclic) bond motifs is 8. The average Bonchev–Trinajstić information content (AvgIpc) is 4.04. The molecule has 0 fully saturated rings. The van der Waals surface area contributed by atoms with Crippen LogP contribution in [0.5, 0.6) is 0 Å². The summed E-state index contributed by atoms with van der Waals surface area (Å²) in [6.45, 7) is 0. The zero-order chi connectivity index (χ0) is 38.5. The van der Waals surface area contributed by atoms with Crippen molar-refractivity contribution < 1.29 is 28.9 Å². The van der Waals surface area contributed by atoms with Gasteiger partial charge in [-0.3, -0.25) is 0 Å². The number of H-pyrrole nitrogens is 2. The standard InChI is InChI=1S/C46H32N6O4/c1-51-21-17-27(18-22-51)41-33-9-13-37(47-33)43(29-5-3-7-31(25-29)45(53)54)39-15-11-35(49-39)42(28-19-23-52(2)24-20-28)36-12-16-40(50-36)44(38-14-10-34(41)48-38)30-6-4-8-32(26-30)46(55)56/h3-26H,1-2H3,(H2-,47,48,49,50,53,54,55,56)/p+2. The number of hydrogen-bond donors (Lipinski definition) is 4. The van der Waals surface area contributed by atoms with Gasteiger partial charge in [0.25, 0.3) is 0 Å². The lowest BCUT2D eigenvalue weighted by Crippen LogP contribution is -2.25. The monoisotopic (exact) mass is 734 g/mol. The van der Waals surface area contributed by atoms with Gasteiger partial charge in [-0.25, -0.2) is 28.7 Å². The Hall–Kier alpha value is -7.72. The maximum Gasteiger partial charge on any atom is 0.335 e. The number of nitrogens with zero attached hydrogens (tertiary/aromatic N) is 4. The Kier molecular flexibility index (Phi) is 8.28. The highest BCUT2D eigenvalue weighted by atomic mass is 16.4. The SMILES string of the molecule is C[n+]1ccc(-c2c3nc(c(-c4cccc(C(=O)O)c4)c4ccc([nH]4)c(-c4cc[n+](C)cc4)c4nc(c(-c5cccc(C(=O)O)c5)c5ccc2[nH]5)C=C4)C=C3)cc1. The molecule has 7 heterocycles. The number of hydrogen-bond acceptors (Lipinski definition) is 4. The predicted octanol–water partition coefficient (Wildman–Crippen LogP) is 8.37. The molecule has 0 spiro atoms. The lowest BCUT2D eigenvalue weighted by atomic mass is 10.0. The van der Waals surface area contributed by atoms with Crippen molar-refractivity contribution in [2.75, 3.05) is 0 Å².